The molecule has 0 bridgehead atoms. The minimum Gasteiger partial charge on any atom is -0.417 e. The van der Waals surface area contributed by atoms with Crippen LogP contribution >= 0.6 is 0 Å². The van der Waals surface area contributed by atoms with E-state index in [9.17, 15) is 0 Å². The predicted molar refractivity (Wildman–Crippen MR) is 141 cm³/mol. The Kier molecular flexibility index (Phi) is 19.9. The third kappa shape index (κ3) is 18.9. The summed E-state index contributed by atoms with van der Waals surface area (Å²) in [7, 11) is -1.52. The van der Waals surface area contributed by atoms with E-state index in [1.807, 2.05) is 0 Å². The standard InChI is InChI=1S/C28H60OSi/c1-7-8-9-10-11-12-13-14-15-16-17-18-19-20-21-22-23-24-25-26-27-29-30(5,6)28(2,3)4/h7-27H2,1-6H3. The maximum atomic E-state index is 6.27. The molecule has 0 aromatic heterocycles. The Balaban J connectivity index is 3.17. The highest BCUT2D eigenvalue weighted by atomic mass is 28.4. The van der Waals surface area contributed by atoms with Crippen LogP contribution in [-0.4, -0.2) is 14.9 Å². The SMILES string of the molecule is CCCCCCCCCCCCCCCCCCCCCCO[Si](C)(C)C(C)(C)C. The zero-order valence-corrected chi connectivity index (χ0v) is 23.3. The molecule has 0 amide bonds. The lowest BCUT2D eigenvalue weighted by molar-refractivity contribution is 0.277. The summed E-state index contributed by atoms with van der Waals surface area (Å²) in [6.45, 7) is 15.0. The van der Waals surface area contributed by atoms with Gasteiger partial charge in [0.25, 0.3) is 0 Å². The molecule has 182 valence electrons. The molecular weight excluding hydrogens is 380 g/mol. The van der Waals surface area contributed by atoms with E-state index in [1.165, 1.54) is 128 Å². The highest BCUT2D eigenvalue weighted by molar-refractivity contribution is 6.74. The summed E-state index contributed by atoms with van der Waals surface area (Å²) in [6.07, 6.45) is 28.8. The van der Waals surface area contributed by atoms with E-state index in [1.54, 1.807) is 0 Å². The second-order valence-electron chi connectivity index (χ2n) is 11.3. The number of hydrogen-bond donors (Lipinski definition) is 0. The Hall–Kier alpha value is 0.177. The van der Waals surface area contributed by atoms with Crippen molar-refractivity contribution in [2.75, 3.05) is 6.61 Å². The van der Waals surface area contributed by atoms with Crippen LogP contribution in [0, 0.1) is 0 Å². The fourth-order valence-corrected chi connectivity index (χ4v) is 4.99. The van der Waals surface area contributed by atoms with Crippen molar-refractivity contribution in [2.45, 2.75) is 174 Å². The lowest BCUT2D eigenvalue weighted by atomic mass is 10.0. The summed E-state index contributed by atoms with van der Waals surface area (Å²) in [5, 5.41) is 0.348. The van der Waals surface area contributed by atoms with Gasteiger partial charge in [0.05, 0.1) is 0 Å². The highest BCUT2D eigenvalue weighted by Gasteiger charge is 2.36. The minimum absolute atomic E-state index is 0.348. The Bertz CT molecular complexity index is 345. The smallest absolute Gasteiger partial charge is 0.191 e. The first-order valence-corrected chi connectivity index (χ1v) is 16.9. The molecule has 0 rings (SSSR count). The third-order valence-corrected chi connectivity index (χ3v) is 11.8. The molecule has 0 aromatic rings. The van der Waals surface area contributed by atoms with E-state index in [4.69, 9.17) is 4.43 Å². The molecule has 0 aliphatic rings. The van der Waals surface area contributed by atoms with Crippen molar-refractivity contribution in [1.82, 2.24) is 0 Å². The Morgan fingerprint density at radius 1 is 0.467 bits per heavy atom. The summed E-state index contributed by atoms with van der Waals surface area (Å²) in [6, 6.07) is 0. The second-order valence-corrected chi connectivity index (χ2v) is 16.1. The maximum absolute atomic E-state index is 6.27. The largest absolute Gasteiger partial charge is 0.417 e. The number of rotatable bonds is 22. The predicted octanol–water partition coefficient (Wildman–Crippen LogP) is 10.8. The second kappa shape index (κ2) is 19.8. The molecule has 0 saturated carbocycles. The fourth-order valence-electron chi connectivity index (χ4n) is 3.90. The summed E-state index contributed by atoms with van der Waals surface area (Å²) in [5.41, 5.74) is 0. The summed E-state index contributed by atoms with van der Waals surface area (Å²) in [5.74, 6) is 0. The number of hydrogen-bond acceptors (Lipinski definition) is 1. The molecule has 0 unspecified atom stereocenters. The Morgan fingerprint density at radius 3 is 1.00 bits per heavy atom. The molecule has 0 aliphatic heterocycles. The van der Waals surface area contributed by atoms with Crippen molar-refractivity contribution in [1.29, 1.82) is 0 Å². The van der Waals surface area contributed by atoms with Gasteiger partial charge in [0.15, 0.2) is 8.32 Å². The van der Waals surface area contributed by atoms with Gasteiger partial charge < -0.3 is 4.43 Å². The average molecular weight is 441 g/mol. The molecule has 0 fully saturated rings. The normalized spacial score (nSPS) is 12.6. The van der Waals surface area contributed by atoms with Gasteiger partial charge in [-0.1, -0.05) is 150 Å². The fraction of sp³-hybridized carbons (Fsp3) is 1.00. The molecule has 0 aliphatic carbocycles. The van der Waals surface area contributed by atoms with Crippen LogP contribution in [0.25, 0.3) is 0 Å². The zero-order valence-electron chi connectivity index (χ0n) is 22.3. The van der Waals surface area contributed by atoms with Gasteiger partial charge in [0.2, 0.25) is 0 Å². The molecule has 0 spiro atoms. The molecule has 2 heteroatoms. The number of unbranched alkanes of at least 4 members (excludes halogenated alkanes) is 19. The minimum atomic E-state index is -1.52. The van der Waals surface area contributed by atoms with E-state index < -0.39 is 8.32 Å². The molecule has 0 radical (unpaired) electrons. The molecule has 0 N–H and O–H groups in total. The van der Waals surface area contributed by atoms with Crippen LogP contribution in [0.4, 0.5) is 0 Å². The van der Waals surface area contributed by atoms with Crippen molar-refractivity contribution < 1.29 is 4.43 Å². The quantitative estimate of drug-likeness (QED) is 0.120. The van der Waals surface area contributed by atoms with Gasteiger partial charge in [-0.25, -0.2) is 0 Å². The van der Waals surface area contributed by atoms with Crippen molar-refractivity contribution in [3.05, 3.63) is 0 Å². The van der Waals surface area contributed by atoms with Crippen molar-refractivity contribution in [2.24, 2.45) is 0 Å². The van der Waals surface area contributed by atoms with Crippen molar-refractivity contribution in [3.8, 4) is 0 Å². The van der Waals surface area contributed by atoms with E-state index >= 15 is 0 Å². The average Bonchev–Trinajstić information content (AvgIpc) is 2.68. The third-order valence-electron chi connectivity index (χ3n) is 7.27. The van der Waals surface area contributed by atoms with Crippen molar-refractivity contribution >= 4 is 8.32 Å². The summed E-state index contributed by atoms with van der Waals surface area (Å²) in [4.78, 5) is 0. The summed E-state index contributed by atoms with van der Waals surface area (Å²) < 4.78 is 6.27. The van der Waals surface area contributed by atoms with E-state index in [0.717, 1.165) is 6.61 Å². The molecule has 1 nitrogen and oxygen atoms in total. The van der Waals surface area contributed by atoms with Crippen LogP contribution in [0.1, 0.15) is 156 Å². The monoisotopic (exact) mass is 440 g/mol. The lowest BCUT2D eigenvalue weighted by Crippen LogP contribution is -2.40. The molecule has 30 heavy (non-hydrogen) atoms. The van der Waals surface area contributed by atoms with Crippen LogP contribution < -0.4 is 0 Å². The van der Waals surface area contributed by atoms with Gasteiger partial charge in [0.1, 0.15) is 0 Å². The van der Waals surface area contributed by atoms with E-state index in [0.29, 0.717) is 5.04 Å². The first kappa shape index (κ1) is 30.2. The van der Waals surface area contributed by atoms with Crippen LogP contribution in [-0.2, 0) is 4.43 Å². The van der Waals surface area contributed by atoms with E-state index in [2.05, 4.69) is 40.8 Å². The lowest BCUT2D eigenvalue weighted by Gasteiger charge is -2.36. The first-order valence-electron chi connectivity index (χ1n) is 13.9. The molecule has 0 aromatic carbocycles. The molecule has 0 heterocycles. The van der Waals surface area contributed by atoms with Crippen LogP contribution in [0.15, 0.2) is 0 Å². The van der Waals surface area contributed by atoms with Crippen LogP contribution in [0.2, 0.25) is 18.1 Å². The van der Waals surface area contributed by atoms with Gasteiger partial charge in [-0.3, -0.25) is 0 Å². The highest BCUT2D eigenvalue weighted by Crippen LogP contribution is 2.36. The van der Waals surface area contributed by atoms with Gasteiger partial charge in [-0.2, -0.15) is 0 Å². The van der Waals surface area contributed by atoms with E-state index in [-0.39, 0.29) is 0 Å². The first-order chi connectivity index (χ1) is 14.3. The topological polar surface area (TPSA) is 9.23 Å². The summed E-state index contributed by atoms with van der Waals surface area (Å²) >= 11 is 0. The van der Waals surface area contributed by atoms with Gasteiger partial charge in [0, 0.05) is 6.61 Å². The van der Waals surface area contributed by atoms with Crippen LogP contribution in [0.5, 0.6) is 0 Å². The van der Waals surface area contributed by atoms with Crippen molar-refractivity contribution in [3.63, 3.8) is 0 Å². The molecule has 0 atom stereocenters. The Labute approximate surface area is 193 Å². The van der Waals surface area contributed by atoms with Crippen LogP contribution in [0.3, 0.4) is 0 Å². The van der Waals surface area contributed by atoms with Gasteiger partial charge in [-0.05, 0) is 24.6 Å². The maximum Gasteiger partial charge on any atom is 0.191 e. The molecule has 0 saturated heterocycles. The molecular formula is C28H60OSi. The zero-order chi connectivity index (χ0) is 22.6. The van der Waals surface area contributed by atoms with Gasteiger partial charge >= 0.3 is 0 Å². The Morgan fingerprint density at radius 2 is 0.733 bits per heavy atom. The van der Waals surface area contributed by atoms with Gasteiger partial charge in [-0.15, -0.1) is 0 Å².